The molecule has 0 bridgehead atoms. The van der Waals surface area contributed by atoms with Crippen molar-refractivity contribution in [3.63, 3.8) is 0 Å². The molecule has 2 aromatic rings. The van der Waals surface area contributed by atoms with Crippen molar-refractivity contribution >= 4 is 23.0 Å². The van der Waals surface area contributed by atoms with Crippen molar-refractivity contribution in [2.45, 2.75) is 26.4 Å². The van der Waals surface area contributed by atoms with E-state index in [-0.39, 0.29) is 19.0 Å². The largest absolute Gasteiger partial charge is 0.473 e. The van der Waals surface area contributed by atoms with Crippen molar-refractivity contribution in [2.75, 3.05) is 13.2 Å². The van der Waals surface area contributed by atoms with Crippen LogP contribution in [0.2, 0.25) is 0 Å². The van der Waals surface area contributed by atoms with E-state index in [1.54, 1.807) is 39.0 Å². The van der Waals surface area contributed by atoms with Crippen molar-refractivity contribution in [3.8, 4) is 5.88 Å². The van der Waals surface area contributed by atoms with Gasteiger partial charge in [0.15, 0.2) is 5.58 Å². The minimum Gasteiger partial charge on any atom is -0.473 e. The lowest BCUT2D eigenvalue weighted by atomic mass is 10.1. The molecule has 0 saturated carbocycles. The molecule has 2 amide bonds. The number of ether oxygens (including phenoxy) is 2. The lowest BCUT2D eigenvalue weighted by Gasteiger charge is -2.19. The summed E-state index contributed by atoms with van der Waals surface area (Å²) in [6.45, 7) is 5.74. The van der Waals surface area contributed by atoms with Gasteiger partial charge in [-0.2, -0.15) is 0 Å². The summed E-state index contributed by atoms with van der Waals surface area (Å²) in [4.78, 5) is 22.7. The number of carbonyl (C=O) groups excluding carboxylic acids is 2. The summed E-state index contributed by atoms with van der Waals surface area (Å²) in [6, 6.07) is 4.68. The number of rotatable bonds is 5. The molecule has 0 aliphatic heterocycles. The van der Waals surface area contributed by atoms with Gasteiger partial charge in [0, 0.05) is 5.56 Å². The smallest absolute Gasteiger partial charge is 0.407 e. The van der Waals surface area contributed by atoms with Crippen molar-refractivity contribution < 1.29 is 23.6 Å². The van der Waals surface area contributed by atoms with Crippen molar-refractivity contribution in [2.24, 2.45) is 5.73 Å². The molecule has 8 heteroatoms. The zero-order chi connectivity index (χ0) is 17.0. The highest BCUT2D eigenvalue weighted by molar-refractivity contribution is 5.97. The Bertz CT molecular complexity index is 717. The first-order valence-corrected chi connectivity index (χ1v) is 7.05. The predicted molar refractivity (Wildman–Crippen MR) is 82.3 cm³/mol. The van der Waals surface area contributed by atoms with Crippen LogP contribution in [-0.2, 0) is 4.74 Å². The van der Waals surface area contributed by atoms with Crippen LogP contribution in [0.4, 0.5) is 4.79 Å². The fraction of sp³-hybridized carbons (Fsp3) is 0.400. The van der Waals surface area contributed by atoms with Crippen LogP contribution in [0.1, 0.15) is 31.1 Å². The van der Waals surface area contributed by atoms with Gasteiger partial charge in [-0.25, -0.2) is 4.79 Å². The SMILES string of the molecule is CC(C)(C)OC(=O)NCCOc1noc2ccc(C(N)=O)cc12. The van der Waals surface area contributed by atoms with E-state index in [4.69, 9.17) is 19.7 Å². The maximum absolute atomic E-state index is 11.5. The average Bonchev–Trinajstić information content (AvgIpc) is 2.84. The normalized spacial score (nSPS) is 11.3. The second-order valence-corrected chi connectivity index (χ2v) is 5.84. The number of primary amides is 1. The standard InChI is InChI=1S/C15H19N3O5/c1-15(2,3)22-14(20)17-6-7-21-13-10-8-9(12(16)19)4-5-11(10)23-18-13/h4-5,8H,6-7H2,1-3H3,(H2,16,19)(H,17,20). The third-order valence-electron chi connectivity index (χ3n) is 2.73. The number of hydrogen-bond acceptors (Lipinski definition) is 6. The highest BCUT2D eigenvalue weighted by Crippen LogP contribution is 2.25. The van der Waals surface area contributed by atoms with Crippen LogP contribution in [0.25, 0.3) is 11.0 Å². The Labute approximate surface area is 132 Å². The molecule has 0 saturated heterocycles. The molecule has 2 rings (SSSR count). The fourth-order valence-electron chi connectivity index (χ4n) is 1.79. The lowest BCUT2D eigenvalue weighted by Crippen LogP contribution is -2.34. The molecule has 0 atom stereocenters. The molecule has 8 nitrogen and oxygen atoms in total. The number of nitrogens with two attached hydrogens (primary N) is 1. The third-order valence-corrected chi connectivity index (χ3v) is 2.73. The summed E-state index contributed by atoms with van der Waals surface area (Å²) in [5.74, 6) is -0.320. The van der Waals surface area contributed by atoms with Crippen molar-refractivity contribution in [1.29, 1.82) is 0 Å². The van der Waals surface area contributed by atoms with Crippen LogP contribution < -0.4 is 15.8 Å². The van der Waals surface area contributed by atoms with Crippen LogP contribution in [-0.4, -0.2) is 35.9 Å². The second-order valence-electron chi connectivity index (χ2n) is 5.84. The molecule has 1 aromatic heterocycles. The number of nitrogens with one attached hydrogen (secondary N) is 1. The Kier molecular flexibility index (Phi) is 4.73. The van der Waals surface area contributed by atoms with Gasteiger partial charge in [0.05, 0.1) is 11.9 Å². The van der Waals surface area contributed by atoms with Gasteiger partial charge >= 0.3 is 6.09 Å². The molecule has 1 heterocycles. The minimum atomic E-state index is -0.557. The zero-order valence-corrected chi connectivity index (χ0v) is 13.2. The Hall–Kier alpha value is -2.77. The van der Waals surface area contributed by atoms with Gasteiger partial charge in [-0.1, -0.05) is 0 Å². The van der Waals surface area contributed by atoms with Gasteiger partial charge in [-0.05, 0) is 44.1 Å². The highest BCUT2D eigenvalue weighted by Gasteiger charge is 2.16. The Morgan fingerprint density at radius 1 is 1.35 bits per heavy atom. The molecule has 0 aliphatic rings. The number of benzene rings is 1. The maximum Gasteiger partial charge on any atom is 0.407 e. The minimum absolute atomic E-state index is 0.168. The van der Waals surface area contributed by atoms with Gasteiger partial charge in [0.2, 0.25) is 5.91 Å². The molecule has 1 aromatic carbocycles. The number of nitrogens with zero attached hydrogens (tertiary/aromatic N) is 1. The summed E-state index contributed by atoms with van der Waals surface area (Å²) in [5, 5.41) is 6.88. The molecule has 0 radical (unpaired) electrons. The van der Waals surface area contributed by atoms with E-state index < -0.39 is 17.6 Å². The Balaban J connectivity index is 1.91. The zero-order valence-electron chi connectivity index (χ0n) is 13.2. The van der Waals surface area contributed by atoms with Gasteiger partial charge in [0.25, 0.3) is 5.88 Å². The lowest BCUT2D eigenvalue weighted by molar-refractivity contribution is 0.0519. The van der Waals surface area contributed by atoms with Crippen LogP contribution in [0.15, 0.2) is 22.7 Å². The van der Waals surface area contributed by atoms with Crippen LogP contribution >= 0.6 is 0 Å². The van der Waals surface area contributed by atoms with Crippen LogP contribution in [0.5, 0.6) is 5.88 Å². The maximum atomic E-state index is 11.5. The Morgan fingerprint density at radius 3 is 2.74 bits per heavy atom. The van der Waals surface area contributed by atoms with E-state index in [2.05, 4.69) is 10.5 Å². The number of amides is 2. The van der Waals surface area contributed by atoms with E-state index in [1.165, 1.54) is 0 Å². The van der Waals surface area contributed by atoms with Gasteiger partial charge in [-0.3, -0.25) is 4.79 Å². The molecule has 0 unspecified atom stereocenters. The second kappa shape index (κ2) is 6.55. The summed E-state index contributed by atoms with van der Waals surface area (Å²) in [6.07, 6.45) is -0.526. The van der Waals surface area contributed by atoms with Crippen molar-refractivity contribution in [1.82, 2.24) is 10.5 Å². The molecule has 0 aliphatic carbocycles. The molecule has 3 N–H and O–H groups in total. The number of carbonyl (C=O) groups is 2. The fourth-order valence-corrected chi connectivity index (χ4v) is 1.79. The number of hydrogen-bond donors (Lipinski definition) is 2. The summed E-state index contributed by atoms with van der Waals surface area (Å²) in [5.41, 5.74) is 5.49. The molecule has 124 valence electrons. The van der Waals surface area contributed by atoms with Gasteiger partial charge in [-0.15, -0.1) is 0 Å². The van der Waals surface area contributed by atoms with E-state index in [0.717, 1.165) is 0 Å². The summed E-state index contributed by atoms with van der Waals surface area (Å²) >= 11 is 0. The average molecular weight is 321 g/mol. The number of fused-ring (bicyclic) bond motifs is 1. The molecule has 0 spiro atoms. The quantitative estimate of drug-likeness (QED) is 0.811. The number of alkyl carbamates (subject to hydrolysis) is 1. The predicted octanol–water partition coefficient (Wildman–Crippen LogP) is 1.83. The molecular weight excluding hydrogens is 302 g/mol. The molecule has 23 heavy (non-hydrogen) atoms. The summed E-state index contributed by atoms with van der Waals surface area (Å²) < 4.78 is 15.6. The molecular formula is C15H19N3O5. The van der Waals surface area contributed by atoms with Gasteiger partial charge < -0.3 is 25.0 Å². The van der Waals surface area contributed by atoms with Gasteiger partial charge in [0.1, 0.15) is 12.2 Å². The summed E-state index contributed by atoms with van der Waals surface area (Å²) in [7, 11) is 0. The monoisotopic (exact) mass is 321 g/mol. The van der Waals surface area contributed by atoms with Crippen molar-refractivity contribution in [3.05, 3.63) is 23.8 Å². The van der Waals surface area contributed by atoms with Crippen LogP contribution in [0.3, 0.4) is 0 Å². The Morgan fingerprint density at radius 2 is 2.09 bits per heavy atom. The third kappa shape index (κ3) is 4.60. The topological polar surface area (TPSA) is 117 Å². The first-order valence-electron chi connectivity index (χ1n) is 7.05. The van der Waals surface area contributed by atoms with E-state index in [9.17, 15) is 9.59 Å². The van der Waals surface area contributed by atoms with E-state index >= 15 is 0 Å². The highest BCUT2D eigenvalue weighted by atomic mass is 16.6. The molecule has 0 fully saturated rings. The number of aromatic nitrogens is 1. The first-order chi connectivity index (χ1) is 10.8. The van der Waals surface area contributed by atoms with Crippen LogP contribution in [0, 0.1) is 0 Å². The first kappa shape index (κ1) is 16.6. The van der Waals surface area contributed by atoms with E-state index in [1.807, 2.05) is 0 Å². The van der Waals surface area contributed by atoms with E-state index in [0.29, 0.717) is 16.5 Å².